The van der Waals surface area contributed by atoms with E-state index in [9.17, 15) is 9.59 Å². The lowest BCUT2D eigenvalue weighted by Gasteiger charge is -2.31. The molecule has 2 amide bonds. The van der Waals surface area contributed by atoms with E-state index in [4.69, 9.17) is 4.98 Å². The number of hydrogen-bond acceptors (Lipinski definition) is 3. The fourth-order valence-electron chi connectivity index (χ4n) is 4.77. The molecule has 2 heterocycles. The highest BCUT2D eigenvalue weighted by molar-refractivity contribution is 6.01. The van der Waals surface area contributed by atoms with Gasteiger partial charge in [0.2, 0.25) is 5.91 Å². The SMILES string of the molecule is CC(C)[C@H](C(=O)N[C@@H](Cc1ccccc1)c1nc2ccccc2[nH]1)N1Cc2ccccc2C1=O. The van der Waals surface area contributed by atoms with Gasteiger partial charge in [-0.2, -0.15) is 0 Å². The van der Waals surface area contributed by atoms with Gasteiger partial charge in [0.05, 0.1) is 17.1 Å². The number of aromatic nitrogens is 2. The molecule has 0 bridgehead atoms. The van der Waals surface area contributed by atoms with Crippen LogP contribution in [0.4, 0.5) is 0 Å². The molecule has 0 spiro atoms. The van der Waals surface area contributed by atoms with E-state index in [0.717, 1.165) is 22.2 Å². The normalized spacial score (nSPS) is 14.9. The highest BCUT2D eigenvalue weighted by Gasteiger charge is 2.38. The van der Waals surface area contributed by atoms with Gasteiger partial charge >= 0.3 is 0 Å². The summed E-state index contributed by atoms with van der Waals surface area (Å²) < 4.78 is 0. The summed E-state index contributed by atoms with van der Waals surface area (Å²) in [6.45, 7) is 4.40. The van der Waals surface area contributed by atoms with Crippen molar-refractivity contribution in [1.82, 2.24) is 20.2 Å². The lowest BCUT2D eigenvalue weighted by Crippen LogP contribution is -2.51. The van der Waals surface area contributed by atoms with Gasteiger partial charge in [0.1, 0.15) is 11.9 Å². The molecule has 6 nitrogen and oxygen atoms in total. The number of nitrogens with one attached hydrogen (secondary N) is 2. The van der Waals surface area contributed by atoms with Crippen LogP contribution in [0.2, 0.25) is 0 Å². The van der Waals surface area contributed by atoms with Crippen LogP contribution in [0, 0.1) is 5.92 Å². The number of amides is 2. The molecule has 4 aromatic rings. The summed E-state index contributed by atoms with van der Waals surface area (Å²) in [5.41, 5.74) is 4.52. The molecule has 0 fully saturated rings. The molecule has 1 aliphatic rings. The molecule has 0 unspecified atom stereocenters. The lowest BCUT2D eigenvalue weighted by molar-refractivity contribution is -0.128. The standard InChI is InChI=1S/C28H28N4O2/c1-18(2)25(32-17-20-12-6-7-13-21(20)28(32)34)27(33)31-24(16-19-10-4-3-5-11-19)26-29-22-14-8-9-15-23(22)30-26/h3-15,18,24-25H,16-17H2,1-2H3,(H,29,30)(H,31,33)/t24-,25+/m0/s1. The second-order valence-corrected chi connectivity index (χ2v) is 9.17. The predicted octanol–water partition coefficient (Wildman–Crippen LogP) is 4.64. The second-order valence-electron chi connectivity index (χ2n) is 9.17. The number of carbonyl (C=O) groups excluding carboxylic acids is 2. The summed E-state index contributed by atoms with van der Waals surface area (Å²) in [5, 5.41) is 3.22. The highest BCUT2D eigenvalue weighted by atomic mass is 16.2. The zero-order chi connectivity index (χ0) is 23.7. The molecule has 34 heavy (non-hydrogen) atoms. The third-order valence-electron chi connectivity index (χ3n) is 6.42. The van der Waals surface area contributed by atoms with Gasteiger partial charge in [0.15, 0.2) is 0 Å². The Morgan fingerprint density at radius 1 is 1.00 bits per heavy atom. The zero-order valence-electron chi connectivity index (χ0n) is 19.4. The third-order valence-corrected chi connectivity index (χ3v) is 6.42. The first kappa shape index (κ1) is 21.9. The summed E-state index contributed by atoms with van der Waals surface area (Å²) in [6, 6.07) is 24.5. The third kappa shape index (κ3) is 4.19. The number of aromatic amines is 1. The summed E-state index contributed by atoms with van der Waals surface area (Å²) in [5.74, 6) is 0.397. The number of para-hydroxylation sites is 2. The van der Waals surface area contributed by atoms with Crippen LogP contribution < -0.4 is 5.32 Å². The fourth-order valence-corrected chi connectivity index (χ4v) is 4.77. The van der Waals surface area contributed by atoms with Crippen molar-refractivity contribution in [2.24, 2.45) is 5.92 Å². The Balaban J connectivity index is 1.44. The Morgan fingerprint density at radius 2 is 1.71 bits per heavy atom. The molecule has 0 aliphatic carbocycles. The van der Waals surface area contributed by atoms with E-state index in [-0.39, 0.29) is 23.8 Å². The molecular formula is C28H28N4O2. The van der Waals surface area contributed by atoms with Crippen molar-refractivity contribution >= 4 is 22.8 Å². The van der Waals surface area contributed by atoms with Crippen molar-refractivity contribution in [3.8, 4) is 0 Å². The van der Waals surface area contributed by atoms with E-state index in [0.29, 0.717) is 24.4 Å². The number of rotatable bonds is 7. The van der Waals surface area contributed by atoms with E-state index in [1.807, 2.05) is 92.7 Å². The molecule has 3 aromatic carbocycles. The van der Waals surface area contributed by atoms with E-state index in [1.54, 1.807) is 4.90 Å². The molecule has 2 N–H and O–H groups in total. The van der Waals surface area contributed by atoms with Gasteiger partial charge in [-0.1, -0.05) is 74.5 Å². The van der Waals surface area contributed by atoms with Crippen LogP contribution in [0.25, 0.3) is 11.0 Å². The van der Waals surface area contributed by atoms with Gasteiger partial charge in [0, 0.05) is 12.1 Å². The number of H-pyrrole nitrogens is 1. The van der Waals surface area contributed by atoms with Crippen LogP contribution >= 0.6 is 0 Å². The molecule has 0 radical (unpaired) electrons. The van der Waals surface area contributed by atoms with Crippen molar-refractivity contribution in [2.75, 3.05) is 0 Å². The Bertz CT molecular complexity index is 1300. The Hall–Kier alpha value is -3.93. The number of nitrogens with zero attached hydrogens (tertiary/aromatic N) is 2. The molecule has 5 rings (SSSR count). The predicted molar refractivity (Wildman–Crippen MR) is 132 cm³/mol. The van der Waals surface area contributed by atoms with Crippen molar-refractivity contribution < 1.29 is 9.59 Å². The Labute approximate surface area is 199 Å². The summed E-state index contributed by atoms with van der Waals surface area (Å²) in [7, 11) is 0. The number of hydrogen-bond donors (Lipinski definition) is 2. The topological polar surface area (TPSA) is 78.1 Å². The number of imidazole rings is 1. The summed E-state index contributed by atoms with van der Waals surface area (Å²) in [4.78, 5) is 36.7. The van der Waals surface area contributed by atoms with E-state index in [1.165, 1.54) is 0 Å². The minimum atomic E-state index is -0.581. The highest BCUT2D eigenvalue weighted by Crippen LogP contribution is 2.28. The van der Waals surface area contributed by atoms with Crippen LogP contribution in [0.5, 0.6) is 0 Å². The van der Waals surface area contributed by atoms with Gasteiger partial charge in [-0.15, -0.1) is 0 Å². The quantitative estimate of drug-likeness (QED) is 0.429. The molecule has 172 valence electrons. The first-order valence-corrected chi connectivity index (χ1v) is 11.7. The molecular weight excluding hydrogens is 424 g/mol. The van der Waals surface area contributed by atoms with Gasteiger partial charge in [-0.3, -0.25) is 9.59 Å². The number of fused-ring (bicyclic) bond motifs is 2. The minimum Gasteiger partial charge on any atom is -0.344 e. The van der Waals surface area contributed by atoms with Crippen molar-refractivity contribution in [1.29, 1.82) is 0 Å². The van der Waals surface area contributed by atoms with Crippen molar-refractivity contribution in [2.45, 2.75) is 38.9 Å². The van der Waals surface area contributed by atoms with Gasteiger partial charge < -0.3 is 15.2 Å². The number of carbonyl (C=O) groups is 2. The van der Waals surface area contributed by atoms with E-state index < -0.39 is 6.04 Å². The van der Waals surface area contributed by atoms with Gasteiger partial charge in [0.25, 0.3) is 5.91 Å². The first-order valence-electron chi connectivity index (χ1n) is 11.7. The average Bonchev–Trinajstić information content (AvgIpc) is 3.41. The van der Waals surface area contributed by atoms with Crippen molar-refractivity contribution in [3.05, 3.63) is 101 Å². The largest absolute Gasteiger partial charge is 0.344 e. The van der Waals surface area contributed by atoms with E-state index >= 15 is 0 Å². The average molecular weight is 453 g/mol. The zero-order valence-corrected chi connectivity index (χ0v) is 19.4. The molecule has 1 aromatic heterocycles. The smallest absolute Gasteiger partial charge is 0.255 e. The van der Waals surface area contributed by atoms with E-state index in [2.05, 4.69) is 10.3 Å². The molecule has 1 aliphatic heterocycles. The summed E-state index contributed by atoms with van der Waals surface area (Å²) in [6.07, 6.45) is 0.589. The lowest BCUT2D eigenvalue weighted by atomic mass is 9.99. The Morgan fingerprint density at radius 3 is 2.44 bits per heavy atom. The molecule has 6 heteroatoms. The van der Waals surface area contributed by atoms with Crippen LogP contribution in [0.1, 0.15) is 47.2 Å². The number of benzene rings is 3. The van der Waals surface area contributed by atoms with Gasteiger partial charge in [-0.25, -0.2) is 4.98 Å². The fraction of sp³-hybridized carbons (Fsp3) is 0.250. The maximum Gasteiger partial charge on any atom is 0.255 e. The molecule has 2 atom stereocenters. The first-order chi connectivity index (χ1) is 16.5. The van der Waals surface area contributed by atoms with Crippen LogP contribution in [0.3, 0.4) is 0 Å². The van der Waals surface area contributed by atoms with Crippen LogP contribution in [-0.4, -0.2) is 32.7 Å². The monoisotopic (exact) mass is 452 g/mol. The minimum absolute atomic E-state index is 0.0497. The van der Waals surface area contributed by atoms with Gasteiger partial charge in [-0.05, 0) is 41.7 Å². The second kappa shape index (κ2) is 9.14. The van der Waals surface area contributed by atoms with Crippen LogP contribution in [0.15, 0.2) is 78.9 Å². The van der Waals surface area contributed by atoms with Crippen molar-refractivity contribution in [3.63, 3.8) is 0 Å². The summed E-state index contributed by atoms with van der Waals surface area (Å²) >= 11 is 0. The maximum absolute atomic E-state index is 13.7. The maximum atomic E-state index is 13.7. The molecule has 0 saturated carbocycles. The Kier molecular flexibility index (Phi) is 5.88. The molecule has 0 saturated heterocycles. The van der Waals surface area contributed by atoms with Crippen LogP contribution in [-0.2, 0) is 17.8 Å².